The van der Waals surface area contributed by atoms with E-state index in [-0.39, 0.29) is 20.8 Å². The summed E-state index contributed by atoms with van der Waals surface area (Å²) >= 11 is 20.5. The third kappa shape index (κ3) is 3.56. The number of benzene rings is 1. The molecule has 0 aliphatic carbocycles. The topological polar surface area (TPSA) is 59.1 Å². The summed E-state index contributed by atoms with van der Waals surface area (Å²) in [4.78, 5) is 3.73. The number of aromatic nitrogens is 1. The number of nitrogens with one attached hydrogen (secondary N) is 1. The van der Waals surface area contributed by atoms with Crippen LogP contribution in [0.25, 0.3) is 0 Å². The summed E-state index contributed by atoms with van der Waals surface area (Å²) < 4.78 is 27.1. The average Bonchev–Trinajstić information content (AvgIpc) is 2.36. The summed E-state index contributed by atoms with van der Waals surface area (Å²) in [5.41, 5.74) is 0.224. The summed E-state index contributed by atoms with van der Waals surface area (Å²) in [6.07, 6.45) is 1.15. The van der Waals surface area contributed by atoms with Crippen LogP contribution in [0.15, 0.2) is 39.8 Å². The summed E-state index contributed by atoms with van der Waals surface area (Å²) in [5, 5.41) is 0.782. The van der Waals surface area contributed by atoms with Gasteiger partial charge in [-0.1, -0.05) is 34.8 Å². The van der Waals surface area contributed by atoms with Crippen molar-refractivity contribution in [3.63, 3.8) is 0 Å². The van der Waals surface area contributed by atoms with Crippen LogP contribution in [0.3, 0.4) is 0 Å². The number of sulfonamides is 1. The molecule has 0 radical (unpaired) electrons. The Hall–Kier alpha value is -0.530. The van der Waals surface area contributed by atoms with Gasteiger partial charge in [-0.25, -0.2) is 13.4 Å². The Kier molecular flexibility index (Phi) is 4.81. The first kappa shape index (κ1) is 15.9. The van der Waals surface area contributed by atoms with Gasteiger partial charge in [-0.05, 0) is 40.2 Å². The number of hydrogen-bond donors (Lipinski definition) is 1. The van der Waals surface area contributed by atoms with E-state index >= 15 is 0 Å². The molecule has 1 heterocycles. The fourth-order valence-corrected chi connectivity index (χ4v) is 3.49. The minimum Gasteiger partial charge on any atom is -0.278 e. The highest BCUT2D eigenvalue weighted by atomic mass is 79.9. The molecule has 4 nitrogen and oxygen atoms in total. The Morgan fingerprint density at radius 2 is 1.85 bits per heavy atom. The van der Waals surface area contributed by atoms with Gasteiger partial charge in [-0.2, -0.15) is 0 Å². The monoisotopic (exact) mass is 414 g/mol. The molecule has 0 atom stereocenters. The lowest BCUT2D eigenvalue weighted by molar-refractivity contribution is 0.600. The van der Waals surface area contributed by atoms with E-state index in [1.807, 2.05) is 0 Å². The molecule has 0 spiro atoms. The van der Waals surface area contributed by atoms with E-state index in [1.165, 1.54) is 24.3 Å². The Morgan fingerprint density at radius 1 is 1.15 bits per heavy atom. The normalized spacial score (nSPS) is 11.4. The quantitative estimate of drug-likeness (QED) is 0.744. The second-order valence-electron chi connectivity index (χ2n) is 3.67. The lowest BCUT2D eigenvalue weighted by atomic mass is 10.3. The minimum absolute atomic E-state index is 0.0419. The van der Waals surface area contributed by atoms with Crippen molar-refractivity contribution in [1.29, 1.82) is 0 Å². The Morgan fingerprint density at radius 3 is 2.45 bits per heavy atom. The van der Waals surface area contributed by atoms with E-state index in [4.69, 9.17) is 34.8 Å². The van der Waals surface area contributed by atoms with E-state index in [2.05, 4.69) is 25.6 Å². The van der Waals surface area contributed by atoms with Crippen LogP contribution in [0.2, 0.25) is 15.2 Å². The van der Waals surface area contributed by atoms with Crippen molar-refractivity contribution < 1.29 is 8.42 Å². The van der Waals surface area contributed by atoms with Crippen molar-refractivity contribution in [1.82, 2.24) is 4.98 Å². The molecule has 0 amide bonds. The lowest BCUT2D eigenvalue weighted by Gasteiger charge is -2.10. The highest BCUT2D eigenvalue weighted by Crippen LogP contribution is 2.29. The first-order valence-corrected chi connectivity index (χ1v) is 8.49. The fourth-order valence-electron chi connectivity index (χ4n) is 1.33. The predicted octanol–water partition coefficient (Wildman–Crippen LogP) is 4.61. The minimum atomic E-state index is -3.82. The van der Waals surface area contributed by atoms with Crippen LogP contribution in [-0.4, -0.2) is 13.4 Å². The van der Waals surface area contributed by atoms with Crippen LogP contribution in [0.1, 0.15) is 0 Å². The molecule has 0 aliphatic heterocycles. The maximum atomic E-state index is 12.2. The molecule has 1 aromatic heterocycles. The van der Waals surface area contributed by atoms with Crippen molar-refractivity contribution in [2.75, 3.05) is 4.72 Å². The molecule has 0 saturated heterocycles. The van der Waals surface area contributed by atoms with Crippen molar-refractivity contribution in [2.24, 2.45) is 0 Å². The third-order valence-corrected chi connectivity index (χ3v) is 5.27. The molecule has 20 heavy (non-hydrogen) atoms. The van der Waals surface area contributed by atoms with Crippen LogP contribution in [-0.2, 0) is 10.0 Å². The molecule has 0 aliphatic rings. The molecular formula is C11H6BrCl3N2O2S. The number of hydrogen-bond acceptors (Lipinski definition) is 3. The van der Waals surface area contributed by atoms with E-state index in [0.717, 1.165) is 6.20 Å². The Bertz CT molecular complexity index is 768. The van der Waals surface area contributed by atoms with Crippen molar-refractivity contribution >= 4 is 66.4 Å². The van der Waals surface area contributed by atoms with Gasteiger partial charge in [0.1, 0.15) is 10.0 Å². The van der Waals surface area contributed by atoms with Gasteiger partial charge >= 0.3 is 0 Å². The number of halogens is 4. The number of anilines is 1. The molecule has 1 aromatic carbocycles. The molecule has 106 valence electrons. The van der Waals surface area contributed by atoms with Crippen molar-refractivity contribution in [3.05, 3.63) is 50.1 Å². The molecule has 0 saturated carbocycles. The van der Waals surface area contributed by atoms with Gasteiger partial charge in [-0.3, -0.25) is 4.72 Å². The van der Waals surface area contributed by atoms with Gasteiger partial charge in [0.15, 0.2) is 0 Å². The zero-order chi connectivity index (χ0) is 14.9. The smallest absolute Gasteiger partial charge is 0.263 e. The first-order chi connectivity index (χ1) is 9.29. The highest BCUT2D eigenvalue weighted by molar-refractivity contribution is 9.10. The van der Waals surface area contributed by atoms with Gasteiger partial charge in [0.2, 0.25) is 0 Å². The van der Waals surface area contributed by atoms with Crippen LogP contribution in [0.4, 0.5) is 5.69 Å². The van der Waals surface area contributed by atoms with E-state index in [0.29, 0.717) is 9.50 Å². The fraction of sp³-hybridized carbons (Fsp3) is 0. The lowest BCUT2D eigenvalue weighted by Crippen LogP contribution is -2.13. The Labute approximate surface area is 139 Å². The summed E-state index contributed by atoms with van der Waals surface area (Å²) in [6.45, 7) is 0. The van der Waals surface area contributed by atoms with Gasteiger partial charge in [0.25, 0.3) is 10.0 Å². The second kappa shape index (κ2) is 6.07. The van der Waals surface area contributed by atoms with Crippen LogP contribution < -0.4 is 4.72 Å². The maximum Gasteiger partial charge on any atom is 0.263 e. The summed E-state index contributed by atoms with van der Waals surface area (Å²) in [7, 11) is -3.82. The standard InChI is InChI=1S/C11H6BrCl3N2O2S/c12-8-4-7(5-16-11(8)15)20(18,19)17-10-2-1-6(13)3-9(10)14/h1-5,17H. The van der Waals surface area contributed by atoms with Crippen molar-refractivity contribution in [2.45, 2.75) is 4.90 Å². The van der Waals surface area contributed by atoms with Gasteiger partial charge in [-0.15, -0.1) is 0 Å². The largest absolute Gasteiger partial charge is 0.278 e. The van der Waals surface area contributed by atoms with Crippen molar-refractivity contribution in [3.8, 4) is 0 Å². The van der Waals surface area contributed by atoms with Crippen LogP contribution in [0.5, 0.6) is 0 Å². The first-order valence-electron chi connectivity index (χ1n) is 5.08. The molecule has 0 fully saturated rings. The van der Waals surface area contributed by atoms with E-state index in [9.17, 15) is 8.42 Å². The van der Waals surface area contributed by atoms with Gasteiger partial charge < -0.3 is 0 Å². The SMILES string of the molecule is O=S(=O)(Nc1ccc(Cl)cc1Cl)c1cnc(Cl)c(Br)c1. The third-order valence-electron chi connectivity index (χ3n) is 2.26. The molecule has 2 aromatic rings. The average molecular weight is 417 g/mol. The summed E-state index contributed by atoms with van der Waals surface area (Å²) in [6, 6.07) is 5.79. The highest BCUT2D eigenvalue weighted by Gasteiger charge is 2.17. The van der Waals surface area contributed by atoms with E-state index < -0.39 is 10.0 Å². The zero-order valence-electron chi connectivity index (χ0n) is 9.57. The molecule has 0 bridgehead atoms. The second-order valence-corrected chi connectivity index (χ2v) is 7.41. The van der Waals surface area contributed by atoms with Crippen LogP contribution in [0, 0.1) is 0 Å². The predicted molar refractivity (Wildman–Crippen MR) is 84.2 cm³/mol. The van der Waals surface area contributed by atoms with Crippen LogP contribution >= 0.6 is 50.7 Å². The number of pyridine rings is 1. The molecular weight excluding hydrogens is 410 g/mol. The number of rotatable bonds is 3. The number of nitrogens with zero attached hydrogens (tertiary/aromatic N) is 1. The van der Waals surface area contributed by atoms with Gasteiger partial charge in [0, 0.05) is 11.2 Å². The maximum absolute atomic E-state index is 12.2. The molecule has 0 unspecified atom stereocenters. The molecule has 1 N–H and O–H groups in total. The summed E-state index contributed by atoms with van der Waals surface area (Å²) in [5.74, 6) is 0. The Balaban J connectivity index is 2.38. The zero-order valence-corrected chi connectivity index (χ0v) is 14.2. The molecule has 9 heteroatoms. The molecule has 2 rings (SSSR count). The van der Waals surface area contributed by atoms with Gasteiger partial charge in [0.05, 0.1) is 15.2 Å². The van der Waals surface area contributed by atoms with E-state index in [1.54, 1.807) is 0 Å².